The molecule has 19 heavy (non-hydrogen) atoms. The predicted molar refractivity (Wildman–Crippen MR) is 84.3 cm³/mol. The molecule has 0 saturated heterocycles. The van der Waals surface area contributed by atoms with Gasteiger partial charge in [0.05, 0.1) is 0 Å². The number of rotatable bonds is 4. The van der Waals surface area contributed by atoms with Gasteiger partial charge < -0.3 is 0 Å². The normalized spacial score (nSPS) is 10.7. The average Bonchev–Trinajstić information content (AvgIpc) is 2.38. The quantitative estimate of drug-likeness (QED) is 0.694. The molecule has 0 atom stereocenters. The Labute approximate surface area is 116 Å². The molecule has 0 heteroatoms. The molecule has 0 aliphatic carbocycles. The summed E-state index contributed by atoms with van der Waals surface area (Å²) in [6.45, 7) is 11.0. The summed E-state index contributed by atoms with van der Waals surface area (Å²) in [5.41, 5.74) is 6.34. The summed E-state index contributed by atoms with van der Waals surface area (Å²) in [5, 5.41) is 0. The molecule has 0 N–H and O–H groups in total. The molecule has 2 aromatic rings. The summed E-state index contributed by atoms with van der Waals surface area (Å²) < 4.78 is 0. The first-order valence-corrected chi connectivity index (χ1v) is 6.92. The summed E-state index contributed by atoms with van der Waals surface area (Å²) in [6, 6.07) is 17.1. The second-order valence-corrected chi connectivity index (χ2v) is 5.55. The van der Waals surface area contributed by atoms with Crippen molar-refractivity contribution in [3.63, 3.8) is 0 Å². The lowest BCUT2D eigenvalue weighted by molar-refractivity contribution is 0.646. The molecular formula is C19H22. The summed E-state index contributed by atoms with van der Waals surface area (Å²) in [6.07, 6.45) is 1.10. The zero-order chi connectivity index (χ0) is 13.8. The van der Waals surface area contributed by atoms with Crippen molar-refractivity contribution in [3.8, 4) is 0 Å². The zero-order valence-electron chi connectivity index (χ0n) is 12.1. The molecule has 0 bridgehead atoms. The van der Waals surface area contributed by atoms with Crippen LogP contribution in [0.1, 0.15) is 36.1 Å². The fourth-order valence-electron chi connectivity index (χ4n) is 2.49. The van der Waals surface area contributed by atoms with Gasteiger partial charge in [-0.1, -0.05) is 69.0 Å². The van der Waals surface area contributed by atoms with Gasteiger partial charge >= 0.3 is 0 Å². The van der Waals surface area contributed by atoms with Crippen LogP contribution in [-0.4, -0.2) is 0 Å². The summed E-state index contributed by atoms with van der Waals surface area (Å²) in [7, 11) is 0. The maximum absolute atomic E-state index is 4.32. The van der Waals surface area contributed by atoms with Gasteiger partial charge in [-0.15, -0.1) is 0 Å². The second-order valence-electron chi connectivity index (χ2n) is 5.55. The van der Waals surface area contributed by atoms with Crippen molar-refractivity contribution in [2.45, 2.75) is 27.2 Å². The van der Waals surface area contributed by atoms with E-state index in [0.29, 0.717) is 5.92 Å². The molecule has 0 aliphatic rings. The third-order valence-corrected chi connectivity index (χ3v) is 3.44. The first-order chi connectivity index (χ1) is 9.09. The number of benzene rings is 2. The smallest absolute Gasteiger partial charge is 0.0152 e. The van der Waals surface area contributed by atoms with Crippen molar-refractivity contribution in [1.29, 1.82) is 0 Å². The van der Waals surface area contributed by atoms with Crippen molar-refractivity contribution in [3.05, 3.63) is 77.4 Å². The SMILES string of the molecule is C=C(c1ccccc1C)c1ccccc1CC(C)C. The molecule has 2 rings (SSSR count). The van der Waals surface area contributed by atoms with E-state index in [4.69, 9.17) is 0 Å². The van der Waals surface area contributed by atoms with Crippen molar-refractivity contribution in [1.82, 2.24) is 0 Å². The Morgan fingerprint density at radius 3 is 2.16 bits per heavy atom. The first kappa shape index (κ1) is 13.6. The van der Waals surface area contributed by atoms with E-state index in [2.05, 4.69) is 75.9 Å². The minimum atomic E-state index is 0.658. The largest absolute Gasteiger partial charge is 0.0905 e. The standard InChI is InChI=1S/C19H22/c1-14(2)13-17-10-6-8-12-19(17)16(4)18-11-7-5-9-15(18)3/h5-12,14H,4,13H2,1-3H3. The number of hydrogen-bond donors (Lipinski definition) is 0. The van der Waals surface area contributed by atoms with Crippen LogP contribution in [0, 0.1) is 12.8 Å². The van der Waals surface area contributed by atoms with Gasteiger partial charge in [0.1, 0.15) is 0 Å². The monoisotopic (exact) mass is 250 g/mol. The van der Waals surface area contributed by atoms with Gasteiger partial charge in [-0.25, -0.2) is 0 Å². The molecule has 0 fully saturated rings. The van der Waals surface area contributed by atoms with Crippen LogP contribution < -0.4 is 0 Å². The lowest BCUT2D eigenvalue weighted by Crippen LogP contribution is -2.00. The topological polar surface area (TPSA) is 0 Å². The summed E-state index contributed by atoms with van der Waals surface area (Å²) in [4.78, 5) is 0. The minimum absolute atomic E-state index is 0.658. The van der Waals surface area contributed by atoms with Crippen LogP contribution in [0.3, 0.4) is 0 Å². The van der Waals surface area contributed by atoms with Gasteiger partial charge in [0, 0.05) is 0 Å². The molecule has 2 aromatic carbocycles. The van der Waals surface area contributed by atoms with E-state index in [9.17, 15) is 0 Å². The van der Waals surface area contributed by atoms with Gasteiger partial charge in [-0.05, 0) is 47.1 Å². The minimum Gasteiger partial charge on any atom is -0.0905 e. The highest BCUT2D eigenvalue weighted by molar-refractivity contribution is 5.81. The molecule has 0 aliphatic heterocycles. The third-order valence-electron chi connectivity index (χ3n) is 3.44. The number of hydrogen-bond acceptors (Lipinski definition) is 0. The van der Waals surface area contributed by atoms with Crippen LogP contribution in [0.4, 0.5) is 0 Å². The van der Waals surface area contributed by atoms with Gasteiger partial charge in [-0.2, -0.15) is 0 Å². The molecule has 0 unspecified atom stereocenters. The molecule has 0 aromatic heterocycles. The molecule has 98 valence electrons. The van der Waals surface area contributed by atoms with Crippen LogP contribution in [0.15, 0.2) is 55.1 Å². The number of aryl methyl sites for hydroxylation is 1. The fourth-order valence-corrected chi connectivity index (χ4v) is 2.49. The highest BCUT2D eigenvalue weighted by atomic mass is 14.1. The van der Waals surface area contributed by atoms with Crippen molar-refractivity contribution in [2.75, 3.05) is 0 Å². The van der Waals surface area contributed by atoms with E-state index >= 15 is 0 Å². The Kier molecular flexibility index (Phi) is 4.21. The van der Waals surface area contributed by atoms with Crippen molar-refractivity contribution >= 4 is 5.57 Å². The van der Waals surface area contributed by atoms with Crippen LogP contribution in [-0.2, 0) is 6.42 Å². The highest BCUT2D eigenvalue weighted by Crippen LogP contribution is 2.28. The lowest BCUT2D eigenvalue weighted by atomic mass is 9.89. The molecule has 0 amide bonds. The molecule has 0 radical (unpaired) electrons. The Balaban J connectivity index is 2.42. The lowest BCUT2D eigenvalue weighted by Gasteiger charge is -2.15. The van der Waals surface area contributed by atoms with Crippen molar-refractivity contribution in [2.24, 2.45) is 5.92 Å². The van der Waals surface area contributed by atoms with Crippen molar-refractivity contribution < 1.29 is 0 Å². The van der Waals surface area contributed by atoms with E-state index in [-0.39, 0.29) is 0 Å². The molecule has 0 nitrogen and oxygen atoms in total. The highest BCUT2D eigenvalue weighted by Gasteiger charge is 2.10. The van der Waals surface area contributed by atoms with Crippen LogP contribution in [0.2, 0.25) is 0 Å². The Hall–Kier alpha value is -1.82. The summed E-state index contributed by atoms with van der Waals surface area (Å²) in [5.74, 6) is 0.658. The molecular weight excluding hydrogens is 228 g/mol. The van der Waals surface area contributed by atoms with E-state index in [1.165, 1.54) is 22.3 Å². The Morgan fingerprint density at radius 2 is 1.53 bits per heavy atom. The van der Waals surface area contributed by atoms with Crippen LogP contribution in [0.5, 0.6) is 0 Å². The molecule has 0 saturated carbocycles. The second kappa shape index (κ2) is 5.88. The van der Waals surface area contributed by atoms with Gasteiger partial charge in [0.15, 0.2) is 0 Å². The molecule has 0 spiro atoms. The van der Waals surface area contributed by atoms with E-state index in [1.54, 1.807) is 0 Å². The summed E-state index contributed by atoms with van der Waals surface area (Å²) >= 11 is 0. The molecule has 0 heterocycles. The Morgan fingerprint density at radius 1 is 0.947 bits per heavy atom. The maximum atomic E-state index is 4.32. The fraction of sp³-hybridized carbons (Fsp3) is 0.263. The average molecular weight is 250 g/mol. The predicted octanol–water partition coefficient (Wildman–Crippen LogP) is 5.26. The third kappa shape index (κ3) is 3.14. The van der Waals surface area contributed by atoms with Crippen LogP contribution in [0.25, 0.3) is 5.57 Å². The zero-order valence-corrected chi connectivity index (χ0v) is 12.1. The van der Waals surface area contributed by atoms with E-state index < -0.39 is 0 Å². The van der Waals surface area contributed by atoms with Gasteiger partial charge in [-0.3, -0.25) is 0 Å². The maximum Gasteiger partial charge on any atom is -0.0152 e. The van der Waals surface area contributed by atoms with E-state index in [1.807, 2.05) is 0 Å². The van der Waals surface area contributed by atoms with Gasteiger partial charge in [0.2, 0.25) is 0 Å². The Bertz CT molecular complexity index is 576. The van der Waals surface area contributed by atoms with Gasteiger partial charge in [0.25, 0.3) is 0 Å². The van der Waals surface area contributed by atoms with E-state index in [0.717, 1.165) is 12.0 Å². The van der Waals surface area contributed by atoms with Crippen LogP contribution >= 0.6 is 0 Å². The first-order valence-electron chi connectivity index (χ1n) is 6.92.